The lowest BCUT2D eigenvalue weighted by molar-refractivity contribution is -0.141. The molecule has 1 atom stereocenters. The smallest absolute Gasteiger partial charge is 0.242 e. The van der Waals surface area contributed by atoms with Crippen molar-refractivity contribution >= 4 is 27.5 Å². The van der Waals surface area contributed by atoms with Crippen LogP contribution >= 0.6 is 0 Å². The largest absolute Gasteiger partial charge is 0.350 e. The molecule has 0 fully saturated rings. The molecule has 0 spiro atoms. The van der Waals surface area contributed by atoms with Gasteiger partial charge in [0.05, 0.1) is 11.9 Å². The molecule has 0 aliphatic rings. The second kappa shape index (κ2) is 11.9. The molecular formula is C28H41N3O4S. The van der Waals surface area contributed by atoms with Gasteiger partial charge in [-0.2, -0.15) is 0 Å². The van der Waals surface area contributed by atoms with Crippen molar-refractivity contribution in [2.45, 2.75) is 79.4 Å². The maximum atomic E-state index is 13.4. The summed E-state index contributed by atoms with van der Waals surface area (Å²) in [5.41, 5.74) is 4.11. The number of nitrogens with one attached hydrogen (secondary N) is 1. The minimum absolute atomic E-state index is 0.121. The van der Waals surface area contributed by atoms with Crippen LogP contribution in [-0.4, -0.2) is 49.5 Å². The number of carbonyl (C=O) groups is 2. The van der Waals surface area contributed by atoms with Crippen molar-refractivity contribution in [3.05, 3.63) is 64.7 Å². The molecule has 0 unspecified atom stereocenters. The molecule has 0 saturated heterocycles. The summed E-state index contributed by atoms with van der Waals surface area (Å²) in [6.45, 7) is 13.7. The topological polar surface area (TPSA) is 86.8 Å². The molecule has 1 N–H and O–H groups in total. The van der Waals surface area contributed by atoms with E-state index in [0.717, 1.165) is 22.3 Å². The summed E-state index contributed by atoms with van der Waals surface area (Å²) in [5, 5.41) is 2.96. The molecule has 0 aliphatic carbocycles. The van der Waals surface area contributed by atoms with E-state index >= 15 is 0 Å². The fourth-order valence-corrected chi connectivity index (χ4v) is 5.08. The monoisotopic (exact) mass is 515 g/mol. The van der Waals surface area contributed by atoms with Crippen molar-refractivity contribution in [3.63, 3.8) is 0 Å². The summed E-state index contributed by atoms with van der Waals surface area (Å²) in [4.78, 5) is 28.0. The third-order valence-electron chi connectivity index (χ3n) is 5.91. The first-order valence-corrected chi connectivity index (χ1v) is 14.2. The lowest BCUT2D eigenvalue weighted by Crippen LogP contribution is -2.52. The summed E-state index contributed by atoms with van der Waals surface area (Å²) >= 11 is 0. The maximum absolute atomic E-state index is 13.4. The van der Waals surface area contributed by atoms with E-state index in [-0.39, 0.29) is 24.8 Å². The third-order valence-corrected chi connectivity index (χ3v) is 7.11. The summed E-state index contributed by atoms with van der Waals surface area (Å²) in [6, 6.07) is 12.8. The highest BCUT2D eigenvalue weighted by Gasteiger charge is 2.29. The van der Waals surface area contributed by atoms with Gasteiger partial charge in [-0.25, -0.2) is 8.42 Å². The molecule has 0 aromatic heterocycles. The van der Waals surface area contributed by atoms with Crippen LogP contribution in [0.15, 0.2) is 42.5 Å². The van der Waals surface area contributed by atoms with Crippen LogP contribution in [0.5, 0.6) is 0 Å². The molecule has 0 saturated carbocycles. The zero-order chi connectivity index (χ0) is 27.3. The predicted octanol–water partition coefficient (Wildman–Crippen LogP) is 4.49. The van der Waals surface area contributed by atoms with Gasteiger partial charge < -0.3 is 10.2 Å². The first-order chi connectivity index (χ1) is 16.6. The maximum Gasteiger partial charge on any atom is 0.242 e. The molecule has 198 valence electrons. The average Bonchev–Trinajstić information content (AvgIpc) is 2.72. The van der Waals surface area contributed by atoms with E-state index in [4.69, 9.17) is 0 Å². The van der Waals surface area contributed by atoms with Gasteiger partial charge in [-0.1, -0.05) is 30.3 Å². The SMILES string of the molecule is Cc1cc(C)cc(N(CCCC(=O)N(Cc2ccccc2C)[C@@H](C)C(=O)NC(C)(C)C)S(C)(=O)=O)c1. The number of hydrogen-bond acceptors (Lipinski definition) is 4. The van der Waals surface area contributed by atoms with Gasteiger partial charge in [-0.3, -0.25) is 13.9 Å². The Morgan fingerprint density at radius 2 is 1.58 bits per heavy atom. The number of amides is 2. The molecule has 0 bridgehead atoms. The highest BCUT2D eigenvalue weighted by molar-refractivity contribution is 7.92. The minimum atomic E-state index is -3.53. The zero-order valence-electron chi connectivity index (χ0n) is 22.9. The van der Waals surface area contributed by atoms with Gasteiger partial charge in [0.2, 0.25) is 21.8 Å². The van der Waals surface area contributed by atoms with Crippen LogP contribution in [0.3, 0.4) is 0 Å². The molecule has 0 radical (unpaired) electrons. The van der Waals surface area contributed by atoms with Crippen LogP contribution in [0.1, 0.15) is 62.8 Å². The lowest BCUT2D eigenvalue weighted by atomic mass is 10.1. The Morgan fingerprint density at radius 3 is 2.11 bits per heavy atom. The number of carbonyl (C=O) groups excluding carboxylic acids is 2. The highest BCUT2D eigenvalue weighted by Crippen LogP contribution is 2.22. The first-order valence-electron chi connectivity index (χ1n) is 12.3. The average molecular weight is 516 g/mol. The number of rotatable bonds is 10. The van der Waals surface area contributed by atoms with Crippen molar-refractivity contribution in [3.8, 4) is 0 Å². The van der Waals surface area contributed by atoms with Crippen molar-refractivity contribution < 1.29 is 18.0 Å². The summed E-state index contributed by atoms with van der Waals surface area (Å²) in [5.74, 6) is -0.416. The Kier molecular flexibility index (Phi) is 9.71. The number of nitrogens with zero attached hydrogens (tertiary/aromatic N) is 2. The molecule has 7 nitrogen and oxygen atoms in total. The molecule has 36 heavy (non-hydrogen) atoms. The van der Waals surface area contributed by atoms with Crippen LogP contribution in [0.2, 0.25) is 0 Å². The van der Waals surface area contributed by atoms with Gasteiger partial charge in [0.15, 0.2) is 0 Å². The van der Waals surface area contributed by atoms with Crippen molar-refractivity contribution in [1.82, 2.24) is 10.2 Å². The van der Waals surface area contributed by atoms with Crippen LogP contribution < -0.4 is 9.62 Å². The summed E-state index contributed by atoms with van der Waals surface area (Å²) in [7, 11) is -3.53. The van der Waals surface area contributed by atoms with E-state index in [9.17, 15) is 18.0 Å². The number of benzene rings is 2. The predicted molar refractivity (Wildman–Crippen MR) is 146 cm³/mol. The number of sulfonamides is 1. The molecule has 0 heterocycles. The van der Waals surface area contributed by atoms with Gasteiger partial charge in [0, 0.05) is 25.0 Å². The zero-order valence-corrected chi connectivity index (χ0v) is 23.7. The number of hydrogen-bond donors (Lipinski definition) is 1. The van der Waals surface area contributed by atoms with E-state index in [0.29, 0.717) is 18.7 Å². The fraction of sp³-hybridized carbons (Fsp3) is 0.500. The van der Waals surface area contributed by atoms with E-state index in [1.165, 1.54) is 10.6 Å². The first kappa shape index (κ1) is 29.4. The van der Waals surface area contributed by atoms with Gasteiger partial charge in [-0.05, 0) is 89.3 Å². The Hall–Kier alpha value is -2.87. The number of aryl methyl sites for hydroxylation is 3. The normalized spacial score (nSPS) is 12.7. The van der Waals surface area contributed by atoms with Gasteiger partial charge in [-0.15, -0.1) is 0 Å². The Labute approximate surface area is 216 Å². The fourth-order valence-electron chi connectivity index (χ4n) is 4.13. The molecule has 2 aromatic rings. The van der Waals surface area contributed by atoms with E-state index in [1.807, 2.05) is 84.0 Å². The van der Waals surface area contributed by atoms with Crippen LogP contribution in [-0.2, 0) is 26.2 Å². The highest BCUT2D eigenvalue weighted by atomic mass is 32.2. The molecule has 2 aromatic carbocycles. The quantitative estimate of drug-likeness (QED) is 0.505. The van der Waals surface area contributed by atoms with Crippen molar-refractivity contribution in [1.29, 1.82) is 0 Å². The molecular weight excluding hydrogens is 474 g/mol. The summed E-state index contributed by atoms with van der Waals surface area (Å²) in [6.07, 6.45) is 1.63. The second-order valence-electron chi connectivity index (χ2n) is 10.6. The lowest BCUT2D eigenvalue weighted by Gasteiger charge is -2.32. The van der Waals surface area contributed by atoms with Crippen LogP contribution in [0, 0.1) is 20.8 Å². The van der Waals surface area contributed by atoms with Crippen LogP contribution in [0.4, 0.5) is 5.69 Å². The number of anilines is 1. The molecule has 2 rings (SSSR count). The van der Waals surface area contributed by atoms with Gasteiger partial charge >= 0.3 is 0 Å². The Morgan fingerprint density at radius 1 is 1.00 bits per heavy atom. The molecule has 8 heteroatoms. The van der Waals surface area contributed by atoms with Gasteiger partial charge in [0.1, 0.15) is 6.04 Å². The summed E-state index contributed by atoms with van der Waals surface area (Å²) < 4.78 is 26.5. The van der Waals surface area contributed by atoms with Gasteiger partial charge in [0.25, 0.3) is 0 Å². The second-order valence-corrected chi connectivity index (χ2v) is 12.6. The van der Waals surface area contributed by atoms with Crippen LogP contribution in [0.25, 0.3) is 0 Å². The van der Waals surface area contributed by atoms with Crippen molar-refractivity contribution in [2.75, 3.05) is 17.1 Å². The Balaban J connectivity index is 2.23. The Bertz CT molecular complexity index is 1170. The molecule has 0 aliphatic heterocycles. The standard InChI is InChI=1S/C28H41N3O4S/c1-20-16-21(2)18-25(17-20)31(36(8,34)35)15-11-14-26(32)30(19-24-13-10-9-12-22(24)3)23(4)27(33)29-28(5,6)7/h9-10,12-13,16-18,23H,11,14-15,19H2,1-8H3,(H,29,33)/t23-/m0/s1. The van der Waals surface area contributed by atoms with E-state index < -0.39 is 21.6 Å². The molecule has 2 amide bonds. The van der Waals surface area contributed by atoms with E-state index in [1.54, 1.807) is 11.8 Å². The van der Waals surface area contributed by atoms with Crippen molar-refractivity contribution in [2.24, 2.45) is 0 Å². The van der Waals surface area contributed by atoms with E-state index in [2.05, 4.69) is 5.32 Å². The third kappa shape index (κ3) is 8.66. The minimum Gasteiger partial charge on any atom is -0.350 e.